The molecule has 1 aromatic carbocycles. The summed E-state index contributed by atoms with van der Waals surface area (Å²) in [5.74, 6) is -0.328. The fourth-order valence-electron chi connectivity index (χ4n) is 4.26. The molecule has 0 spiro atoms. The molecule has 0 N–H and O–H groups in total. The number of ether oxygens (including phenoxy) is 1. The lowest BCUT2D eigenvalue weighted by molar-refractivity contribution is -0.142. The molecule has 4 rings (SSSR count). The summed E-state index contributed by atoms with van der Waals surface area (Å²) in [5, 5.41) is 0. The largest absolute Gasteiger partial charge is 0.461 e. The third-order valence-electron chi connectivity index (χ3n) is 5.43. The first-order valence-electron chi connectivity index (χ1n) is 9.21. The second-order valence-corrected chi connectivity index (χ2v) is 9.00. The van der Waals surface area contributed by atoms with Crippen molar-refractivity contribution in [2.75, 3.05) is 11.4 Å². The van der Waals surface area contributed by atoms with Gasteiger partial charge in [-0.05, 0) is 42.0 Å². The van der Waals surface area contributed by atoms with E-state index in [4.69, 9.17) is 4.74 Å². The van der Waals surface area contributed by atoms with Crippen LogP contribution in [0.2, 0.25) is 0 Å². The molecule has 1 aromatic heterocycles. The third-order valence-corrected chi connectivity index (χ3v) is 6.17. The van der Waals surface area contributed by atoms with Gasteiger partial charge in [0.25, 0.3) is 5.91 Å². The fraction of sp³-hybridized carbons (Fsp3) is 0.429. The Kier molecular flexibility index (Phi) is 4.41. The number of anilines is 1. The topological polar surface area (TPSA) is 51.5 Å². The maximum absolute atomic E-state index is 13.3. The number of hydrogen-bond acceptors (Lipinski definition) is 3. The maximum atomic E-state index is 13.3. The molecule has 0 fully saturated rings. The van der Waals surface area contributed by atoms with Crippen molar-refractivity contribution in [3.63, 3.8) is 0 Å². The summed E-state index contributed by atoms with van der Waals surface area (Å²) in [6.45, 7) is 7.47. The molecule has 2 aromatic rings. The summed E-state index contributed by atoms with van der Waals surface area (Å²) in [6.07, 6.45) is 2.04. The zero-order chi connectivity index (χ0) is 19.3. The van der Waals surface area contributed by atoms with Crippen LogP contribution in [0.25, 0.3) is 0 Å². The quantitative estimate of drug-likeness (QED) is 0.688. The summed E-state index contributed by atoms with van der Waals surface area (Å²) >= 11 is 3.53. The first-order valence-corrected chi connectivity index (χ1v) is 10.00. The molecule has 2 heterocycles. The van der Waals surface area contributed by atoms with Crippen LogP contribution in [0.1, 0.15) is 48.1 Å². The highest BCUT2D eigenvalue weighted by molar-refractivity contribution is 9.10. The van der Waals surface area contributed by atoms with Crippen LogP contribution >= 0.6 is 15.9 Å². The Morgan fingerprint density at radius 1 is 1.26 bits per heavy atom. The van der Waals surface area contributed by atoms with Gasteiger partial charge in [-0.1, -0.05) is 35.8 Å². The van der Waals surface area contributed by atoms with Crippen LogP contribution in [0.4, 0.5) is 5.69 Å². The van der Waals surface area contributed by atoms with E-state index < -0.39 is 0 Å². The van der Waals surface area contributed by atoms with Gasteiger partial charge >= 0.3 is 5.97 Å². The number of nitrogens with zero attached hydrogens (tertiary/aromatic N) is 2. The minimum Gasteiger partial charge on any atom is -0.461 e. The number of hydrogen-bond donors (Lipinski definition) is 0. The molecule has 1 aliphatic carbocycles. The first kappa shape index (κ1) is 18.3. The van der Waals surface area contributed by atoms with Gasteiger partial charge in [0.15, 0.2) is 0 Å². The third kappa shape index (κ3) is 3.20. The predicted molar refractivity (Wildman–Crippen MR) is 107 cm³/mol. The van der Waals surface area contributed by atoms with E-state index in [2.05, 4.69) is 40.4 Å². The van der Waals surface area contributed by atoms with Crippen molar-refractivity contribution in [2.45, 2.75) is 46.8 Å². The molecule has 0 radical (unpaired) electrons. The van der Waals surface area contributed by atoms with Crippen molar-refractivity contribution < 1.29 is 14.3 Å². The highest BCUT2D eigenvalue weighted by atomic mass is 79.9. The molecule has 142 valence electrons. The average Bonchev–Trinajstić information content (AvgIpc) is 3.06. The molecule has 0 saturated carbocycles. The van der Waals surface area contributed by atoms with Crippen LogP contribution in [0.3, 0.4) is 0 Å². The molecule has 1 aliphatic heterocycles. The summed E-state index contributed by atoms with van der Waals surface area (Å²) < 4.78 is 8.24. The fourth-order valence-corrected chi connectivity index (χ4v) is 4.73. The van der Waals surface area contributed by atoms with E-state index in [1.165, 1.54) is 18.2 Å². The maximum Gasteiger partial charge on any atom is 0.302 e. The lowest BCUT2D eigenvalue weighted by atomic mass is 9.90. The highest BCUT2D eigenvalue weighted by Crippen LogP contribution is 2.40. The normalized spacial score (nSPS) is 17.6. The number of carbonyl (C=O) groups excluding carboxylic acids is 2. The van der Waals surface area contributed by atoms with Crippen molar-refractivity contribution in [1.82, 2.24) is 4.57 Å². The van der Waals surface area contributed by atoms with E-state index >= 15 is 0 Å². The summed E-state index contributed by atoms with van der Waals surface area (Å²) in [4.78, 5) is 26.3. The molecule has 0 unspecified atom stereocenters. The van der Waals surface area contributed by atoms with E-state index in [1.54, 1.807) is 4.90 Å². The zero-order valence-corrected chi connectivity index (χ0v) is 17.4. The van der Waals surface area contributed by atoms with E-state index in [9.17, 15) is 9.59 Å². The smallest absolute Gasteiger partial charge is 0.302 e. The van der Waals surface area contributed by atoms with Gasteiger partial charge in [0.1, 0.15) is 12.3 Å². The summed E-state index contributed by atoms with van der Waals surface area (Å²) in [7, 11) is 0. The Hall–Kier alpha value is -2.08. The second-order valence-electron chi connectivity index (χ2n) is 8.15. The lowest BCUT2D eigenvalue weighted by Gasteiger charge is -2.31. The Morgan fingerprint density at radius 2 is 2.04 bits per heavy atom. The molecule has 0 atom stereocenters. The minimum atomic E-state index is -0.338. The molecular weight excluding hydrogens is 408 g/mol. The number of amides is 1. The standard InChI is InChI=1S/C21H23BrN2O3/c1-13(25)27-12-15-16(22)5-4-6-17(15)24-8-7-23-18(20(24)26)9-14-10-21(2,3)11-19(14)23/h4-6,9H,7-8,10-12H2,1-3H3. The number of halogens is 1. The minimum absolute atomic E-state index is 0.00984. The molecule has 1 amide bonds. The first-order chi connectivity index (χ1) is 12.8. The summed E-state index contributed by atoms with van der Waals surface area (Å²) in [6, 6.07) is 7.79. The van der Waals surface area contributed by atoms with Crippen LogP contribution < -0.4 is 4.90 Å². The lowest BCUT2D eigenvalue weighted by Crippen LogP contribution is -2.41. The Morgan fingerprint density at radius 3 is 2.78 bits per heavy atom. The molecular formula is C21H23BrN2O3. The Labute approximate surface area is 167 Å². The van der Waals surface area contributed by atoms with E-state index in [1.807, 2.05) is 18.2 Å². The summed E-state index contributed by atoms with van der Waals surface area (Å²) in [5.41, 5.74) is 5.27. The van der Waals surface area contributed by atoms with Crippen LogP contribution in [0.5, 0.6) is 0 Å². The van der Waals surface area contributed by atoms with Crippen molar-refractivity contribution in [3.8, 4) is 0 Å². The number of rotatable bonds is 3. The van der Waals surface area contributed by atoms with Crippen LogP contribution in [0, 0.1) is 5.41 Å². The van der Waals surface area contributed by atoms with E-state index in [0.29, 0.717) is 6.54 Å². The Bertz CT molecular complexity index is 945. The molecule has 5 nitrogen and oxygen atoms in total. The van der Waals surface area contributed by atoms with Crippen LogP contribution in [-0.4, -0.2) is 23.0 Å². The van der Waals surface area contributed by atoms with E-state index in [0.717, 1.165) is 40.8 Å². The van der Waals surface area contributed by atoms with Crippen molar-refractivity contribution in [3.05, 3.63) is 51.3 Å². The number of aromatic nitrogens is 1. The van der Waals surface area contributed by atoms with Gasteiger partial charge in [0.2, 0.25) is 0 Å². The van der Waals surface area contributed by atoms with Gasteiger partial charge in [-0.3, -0.25) is 9.59 Å². The Balaban J connectivity index is 1.68. The average molecular weight is 431 g/mol. The van der Waals surface area contributed by atoms with Gasteiger partial charge in [-0.15, -0.1) is 0 Å². The van der Waals surface area contributed by atoms with Gasteiger partial charge in [0, 0.05) is 35.7 Å². The second kappa shape index (κ2) is 6.51. The monoisotopic (exact) mass is 430 g/mol. The highest BCUT2D eigenvalue weighted by Gasteiger charge is 2.37. The van der Waals surface area contributed by atoms with E-state index in [-0.39, 0.29) is 23.9 Å². The number of carbonyl (C=O) groups is 2. The van der Waals surface area contributed by atoms with Gasteiger partial charge in [0.05, 0.1) is 5.69 Å². The number of benzene rings is 1. The molecule has 6 heteroatoms. The molecule has 0 bridgehead atoms. The van der Waals surface area contributed by atoms with Gasteiger partial charge in [-0.25, -0.2) is 0 Å². The number of fused-ring (bicyclic) bond motifs is 3. The van der Waals surface area contributed by atoms with Gasteiger partial charge in [-0.2, -0.15) is 0 Å². The van der Waals surface area contributed by atoms with Crippen LogP contribution in [-0.2, 0) is 35.5 Å². The van der Waals surface area contributed by atoms with Crippen molar-refractivity contribution in [2.24, 2.45) is 5.41 Å². The molecule has 27 heavy (non-hydrogen) atoms. The molecule has 2 aliphatic rings. The van der Waals surface area contributed by atoms with Gasteiger partial charge < -0.3 is 14.2 Å². The molecule has 0 saturated heterocycles. The van der Waals surface area contributed by atoms with Crippen molar-refractivity contribution in [1.29, 1.82) is 0 Å². The predicted octanol–water partition coefficient (Wildman–Crippen LogP) is 4.10. The SMILES string of the molecule is CC(=O)OCc1c(Br)cccc1N1CCn2c(cc3c2CC(C)(C)C3)C1=O. The zero-order valence-electron chi connectivity index (χ0n) is 15.8. The van der Waals surface area contributed by atoms with Crippen molar-refractivity contribution >= 4 is 33.5 Å². The van der Waals surface area contributed by atoms with Crippen LogP contribution in [0.15, 0.2) is 28.7 Å². The number of esters is 1.